The zero-order valence-electron chi connectivity index (χ0n) is 11.9. The number of ether oxygens (including phenoxy) is 2. The van der Waals surface area contributed by atoms with Gasteiger partial charge in [0.2, 0.25) is 0 Å². The summed E-state index contributed by atoms with van der Waals surface area (Å²) in [5.41, 5.74) is 2.81. The maximum atomic E-state index is 5.28. The lowest BCUT2D eigenvalue weighted by Crippen LogP contribution is -1.93. The van der Waals surface area contributed by atoms with E-state index in [9.17, 15) is 0 Å². The van der Waals surface area contributed by atoms with E-state index < -0.39 is 0 Å². The number of nitrogens with zero attached hydrogens (tertiary/aromatic N) is 3. The van der Waals surface area contributed by atoms with Gasteiger partial charge in [0.15, 0.2) is 11.5 Å². The maximum Gasteiger partial charge on any atom is 0.161 e. The Morgan fingerprint density at radius 1 is 1.05 bits per heavy atom. The number of methoxy groups -OCH3 is 2. The monoisotopic (exact) mass is 281 g/mol. The molecule has 3 rings (SSSR count). The molecule has 0 unspecified atom stereocenters. The van der Waals surface area contributed by atoms with E-state index in [2.05, 4.69) is 10.1 Å². The molecule has 0 atom stereocenters. The van der Waals surface area contributed by atoms with Gasteiger partial charge in [0.1, 0.15) is 6.33 Å². The minimum absolute atomic E-state index is 0.678. The second-order valence-corrected chi connectivity index (χ2v) is 4.44. The van der Waals surface area contributed by atoms with Gasteiger partial charge >= 0.3 is 0 Å². The van der Waals surface area contributed by atoms with Gasteiger partial charge in [-0.15, -0.1) is 0 Å². The van der Waals surface area contributed by atoms with Crippen LogP contribution in [0.15, 0.2) is 53.9 Å². The van der Waals surface area contributed by atoms with E-state index in [4.69, 9.17) is 9.47 Å². The minimum Gasteiger partial charge on any atom is -0.493 e. The van der Waals surface area contributed by atoms with E-state index in [0.717, 1.165) is 16.6 Å². The summed E-state index contributed by atoms with van der Waals surface area (Å²) in [4.78, 5) is 4.30. The molecule has 3 aromatic rings. The Balaban J connectivity index is 1.92. The maximum absolute atomic E-state index is 5.28. The van der Waals surface area contributed by atoms with Crippen LogP contribution in [0.2, 0.25) is 0 Å². The number of hydrogen-bond donors (Lipinski definition) is 0. The van der Waals surface area contributed by atoms with E-state index in [1.54, 1.807) is 31.4 Å². The van der Waals surface area contributed by atoms with Crippen LogP contribution in [0.5, 0.6) is 11.5 Å². The first-order valence-corrected chi connectivity index (χ1v) is 6.50. The molecule has 0 fully saturated rings. The Bertz CT molecular complexity index is 793. The van der Waals surface area contributed by atoms with E-state index in [-0.39, 0.29) is 0 Å². The molecule has 0 bridgehead atoms. The number of benzene rings is 2. The number of fused-ring (bicyclic) bond motifs is 1. The molecule has 0 amide bonds. The summed E-state index contributed by atoms with van der Waals surface area (Å²) in [5, 5.41) is 4.43. The molecule has 0 N–H and O–H groups in total. The second-order valence-electron chi connectivity index (χ2n) is 4.44. The average Bonchev–Trinajstić information content (AvgIpc) is 2.96. The van der Waals surface area contributed by atoms with E-state index >= 15 is 0 Å². The van der Waals surface area contributed by atoms with Crippen molar-refractivity contribution in [3.63, 3.8) is 0 Å². The Morgan fingerprint density at radius 3 is 2.67 bits per heavy atom. The van der Waals surface area contributed by atoms with Crippen LogP contribution < -0.4 is 9.47 Å². The normalized spacial score (nSPS) is 11.1. The van der Waals surface area contributed by atoms with Gasteiger partial charge in [0.05, 0.1) is 31.5 Å². The minimum atomic E-state index is 0.678. The largest absolute Gasteiger partial charge is 0.493 e. The fraction of sp³-hybridized carbons (Fsp3) is 0.125. The first-order chi connectivity index (χ1) is 10.3. The van der Waals surface area contributed by atoms with Crippen LogP contribution in [0.25, 0.3) is 11.0 Å². The van der Waals surface area contributed by atoms with Gasteiger partial charge in [-0.2, -0.15) is 5.10 Å². The van der Waals surface area contributed by atoms with E-state index in [1.165, 1.54) is 0 Å². The van der Waals surface area contributed by atoms with Crippen LogP contribution in [-0.2, 0) is 0 Å². The van der Waals surface area contributed by atoms with Crippen molar-refractivity contribution in [2.75, 3.05) is 14.2 Å². The van der Waals surface area contributed by atoms with Gasteiger partial charge in [-0.05, 0) is 35.9 Å². The fourth-order valence-electron chi connectivity index (χ4n) is 2.10. The van der Waals surface area contributed by atoms with Crippen molar-refractivity contribution in [3.8, 4) is 11.5 Å². The molecule has 0 saturated heterocycles. The van der Waals surface area contributed by atoms with Crippen LogP contribution >= 0.6 is 0 Å². The smallest absolute Gasteiger partial charge is 0.161 e. The molecule has 0 radical (unpaired) electrons. The summed E-state index contributed by atoms with van der Waals surface area (Å²) < 4.78 is 12.2. The third-order valence-corrected chi connectivity index (χ3v) is 3.17. The first kappa shape index (κ1) is 13.2. The lowest BCUT2D eigenvalue weighted by molar-refractivity contribution is 0.355. The topological polar surface area (TPSA) is 48.6 Å². The lowest BCUT2D eigenvalue weighted by Gasteiger charge is -2.07. The molecule has 5 heteroatoms. The van der Waals surface area contributed by atoms with E-state index in [0.29, 0.717) is 11.5 Å². The highest BCUT2D eigenvalue weighted by molar-refractivity contribution is 5.82. The molecular weight excluding hydrogens is 266 g/mol. The average molecular weight is 281 g/mol. The van der Waals surface area contributed by atoms with Crippen molar-refractivity contribution in [2.24, 2.45) is 5.10 Å². The Hall–Kier alpha value is -2.82. The van der Waals surface area contributed by atoms with Gasteiger partial charge in [-0.25, -0.2) is 9.66 Å². The molecule has 0 saturated carbocycles. The Morgan fingerprint density at radius 2 is 1.86 bits per heavy atom. The molecule has 0 spiro atoms. The van der Waals surface area contributed by atoms with Crippen molar-refractivity contribution < 1.29 is 9.47 Å². The molecule has 0 aliphatic heterocycles. The van der Waals surface area contributed by atoms with Crippen LogP contribution in [0.3, 0.4) is 0 Å². The van der Waals surface area contributed by atoms with Crippen molar-refractivity contribution in [1.29, 1.82) is 0 Å². The molecule has 1 aromatic heterocycles. The number of aromatic nitrogens is 2. The van der Waals surface area contributed by atoms with Crippen molar-refractivity contribution in [1.82, 2.24) is 9.66 Å². The highest BCUT2D eigenvalue weighted by Crippen LogP contribution is 2.26. The number of para-hydroxylation sites is 2. The molecule has 106 valence electrons. The lowest BCUT2D eigenvalue weighted by atomic mass is 10.2. The van der Waals surface area contributed by atoms with Crippen LogP contribution in [0.1, 0.15) is 5.56 Å². The highest BCUT2D eigenvalue weighted by Gasteiger charge is 2.03. The quantitative estimate of drug-likeness (QED) is 0.691. The van der Waals surface area contributed by atoms with Crippen molar-refractivity contribution >= 4 is 17.2 Å². The molecule has 0 aliphatic rings. The van der Waals surface area contributed by atoms with Gasteiger partial charge in [0, 0.05) is 0 Å². The SMILES string of the molecule is COc1ccc(/C=N\n2cnc3ccccc32)cc1OC. The second kappa shape index (κ2) is 5.66. The molecule has 21 heavy (non-hydrogen) atoms. The zero-order valence-corrected chi connectivity index (χ0v) is 11.9. The number of hydrogen-bond acceptors (Lipinski definition) is 4. The summed E-state index contributed by atoms with van der Waals surface area (Å²) >= 11 is 0. The standard InChI is InChI=1S/C16H15N3O2/c1-20-15-8-7-12(9-16(15)21-2)10-18-19-11-17-13-5-3-4-6-14(13)19/h3-11H,1-2H3/b18-10-. The third-order valence-electron chi connectivity index (χ3n) is 3.17. The summed E-state index contributed by atoms with van der Waals surface area (Å²) in [6.07, 6.45) is 3.46. The summed E-state index contributed by atoms with van der Waals surface area (Å²) in [5.74, 6) is 1.37. The predicted molar refractivity (Wildman–Crippen MR) is 82.3 cm³/mol. The van der Waals surface area contributed by atoms with Gasteiger partial charge in [0.25, 0.3) is 0 Å². The Labute approximate surface area is 122 Å². The molecule has 5 nitrogen and oxygen atoms in total. The van der Waals surface area contributed by atoms with Crippen molar-refractivity contribution in [3.05, 3.63) is 54.4 Å². The van der Waals surface area contributed by atoms with Crippen molar-refractivity contribution in [2.45, 2.75) is 0 Å². The molecule has 1 heterocycles. The number of imidazole rings is 1. The van der Waals surface area contributed by atoms with Gasteiger partial charge < -0.3 is 9.47 Å². The zero-order chi connectivity index (χ0) is 14.7. The third kappa shape index (κ3) is 2.58. The summed E-state index contributed by atoms with van der Waals surface area (Å²) in [6, 6.07) is 13.5. The predicted octanol–water partition coefficient (Wildman–Crippen LogP) is 2.94. The molecular formula is C16H15N3O2. The molecule has 0 aliphatic carbocycles. The first-order valence-electron chi connectivity index (χ1n) is 6.50. The van der Waals surface area contributed by atoms with Gasteiger partial charge in [-0.3, -0.25) is 0 Å². The fourth-order valence-corrected chi connectivity index (χ4v) is 2.10. The van der Waals surface area contributed by atoms with Crippen LogP contribution in [-0.4, -0.2) is 30.1 Å². The summed E-state index contributed by atoms with van der Waals surface area (Å²) in [7, 11) is 3.23. The highest BCUT2D eigenvalue weighted by atomic mass is 16.5. The van der Waals surface area contributed by atoms with E-state index in [1.807, 2.05) is 42.5 Å². The van der Waals surface area contributed by atoms with Gasteiger partial charge in [-0.1, -0.05) is 12.1 Å². The summed E-state index contributed by atoms with van der Waals surface area (Å²) in [6.45, 7) is 0. The van der Waals surface area contributed by atoms with Crippen LogP contribution in [0, 0.1) is 0 Å². The number of rotatable bonds is 4. The van der Waals surface area contributed by atoms with Crippen LogP contribution in [0.4, 0.5) is 0 Å². The Kier molecular flexibility index (Phi) is 3.55. The molecule has 2 aromatic carbocycles.